The van der Waals surface area contributed by atoms with Crippen LogP contribution in [0.5, 0.6) is 0 Å². The zero-order valence-corrected chi connectivity index (χ0v) is 18.6. The van der Waals surface area contributed by atoms with Crippen molar-refractivity contribution >= 4 is 52.3 Å². The van der Waals surface area contributed by atoms with E-state index in [4.69, 9.17) is 23.2 Å². The minimum absolute atomic E-state index is 0.265. The van der Waals surface area contributed by atoms with Crippen molar-refractivity contribution in [3.63, 3.8) is 0 Å². The highest BCUT2D eigenvalue weighted by Crippen LogP contribution is 2.29. The summed E-state index contributed by atoms with van der Waals surface area (Å²) in [6.45, 7) is 0. The molecule has 31 heavy (non-hydrogen) atoms. The van der Waals surface area contributed by atoms with Crippen molar-refractivity contribution < 1.29 is 4.79 Å². The van der Waals surface area contributed by atoms with Crippen molar-refractivity contribution in [2.24, 2.45) is 0 Å². The molecule has 3 aromatic rings. The normalized spacial score (nSPS) is 13.1. The number of anilines is 4. The maximum Gasteiger partial charge on any atom is 0.253 e. The number of benzene rings is 2. The van der Waals surface area contributed by atoms with Crippen LogP contribution in [0.3, 0.4) is 0 Å². The molecule has 6 nitrogen and oxygen atoms in total. The molecule has 1 aliphatic rings. The van der Waals surface area contributed by atoms with E-state index < -0.39 is 0 Å². The number of amides is 1. The van der Waals surface area contributed by atoms with E-state index in [-0.39, 0.29) is 5.91 Å². The third kappa shape index (κ3) is 5.09. The number of rotatable bonds is 5. The highest BCUT2D eigenvalue weighted by Gasteiger charge is 2.14. The first-order valence-electron chi connectivity index (χ1n) is 10.2. The lowest BCUT2D eigenvalue weighted by molar-refractivity contribution is 0.0964. The average Bonchev–Trinajstić information content (AvgIpc) is 3.01. The van der Waals surface area contributed by atoms with Gasteiger partial charge in [0.15, 0.2) is 5.82 Å². The lowest BCUT2D eigenvalue weighted by Crippen LogP contribution is -2.19. The Morgan fingerprint density at radius 2 is 1.77 bits per heavy atom. The maximum absolute atomic E-state index is 12.2. The molecule has 0 aliphatic heterocycles. The Kier molecular flexibility index (Phi) is 6.59. The average molecular weight is 456 g/mol. The van der Waals surface area contributed by atoms with E-state index >= 15 is 0 Å². The predicted molar refractivity (Wildman–Crippen MR) is 126 cm³/mol. The number of fused-ring (bicyclic) bond motifs is 1. The van der Waals surface area contributed by atoms with Crippen LogP contribution in [0.25, 0.3) is 0 Å². The van der Waals surface area contributed by atoms with Gasteiger partial charge in [-0.1, -0.05) is 35.7 Å². The molecule has 1 aliphatic carbocycles. The van der Waals surface area contributed by atoms with Gasteiger partial charge in [-0.3, -0.25) is 4.79 Å². The van der Waals surface area contributed by atoms with Crippen LogP contribution in [-0.4, -0.2) is 22.9 Å². The fraction of sp³-hybridized carbons (Fsp3) is 0.261. The second-order valence-corrected chi connectivity index (χ2v) is 8.30. The number of nitrogens with zero attached hydrogens (tertiary/aromatic N) is 2. The fourth-order valence-electron chi connectivity index (χ4n) is 3.71. The van der Waals surface area contributed by atoms with Crippen LogP contribution in [0.2, 0.25) is 10.0 Å². The number of carbonyl (C=O) groups is 1. The minimum atomic E-state index is -0.265. The molecule has 0 saturated carbocycles. The Morgan fingerprint density at radius 1 is 0.968 bits per heavy atom. The van der Waals surface area contributed by atoms with Crippen LogP contribution in [0.15, 0.2) is 42.6 Å². The van der Waals surface area contributed by atoms with Crippen molar-refractivity contribution in [2.75, 3.05) is 17.7 Å². The Morgan fingerprint density at radius 3 is 2.58 bits per heavy atom. The van der Waals surface area contributed by atoms with E-state index in [0.717, 1.165) is 18.5 Å². The zero-order valence-electron chi connectivity index (χ0n) is 17.1. The first kappa shape index (κ1) is 21.4. The molecule has 8 heteroatoms. The van der Waals surface area contributed by atoms with Gasteiger partial charge in [-0.15, -0.1) is 0 Å². The van der Waals surface area contributed by atoms with E-state index in [1.165, 1.54) is 36.6 Å². The van der Waals surface area contributed by atoms with E-state index in [1.54, 1.807) is 25.2 Å². The first-order valence-corrected chi connectivity index (χ1v) is 11.0. The SMILES string of the molecule is CNC(=O)c1cc(Cl)ccc1Nc1nc(Nc2ccc3c(c2)CCCCC3)ncc1Cl. The lowest BCUT2D eigenvalue weighted by atomic mass is 10.0. The number of aromatic nitrogens is 2. The smallest absolute Gasteiger partial charge is 0.253 e. The van der Waals surface area contributed by atoms with Crippen molar-refractivity contribution in [1.82, 2.24) is 15.3 Å². The third-order valence-corrected chi connectivity index (χ3v) is 5.82. The van der Waals surface area contributed by atoms with E-state index in [9.17, 15) is 4.79 Å². The second-order valence-electron chi connectivity index (χ2n) is 7.45. The quantitative estimate of drug-likeness (QED) is 0.417. The van der Waals surface area contributed by atoms with Gasteiger partial charge in [-0.25, -0.2) is 4.98 Å². The molecule has 1 aromatic heterocycles. The van der Waals surface area contributed by atoms with Crippen molar-refractivity contribution in [3.8, 4) is 0 Å². The molecule has 0 saturated heterocycles. The van der Waals surface area contributed by atoms with Crippen molar-refractivity contribution in [3.05, 3.63) is 69.3 Å². The number of hydrogen-bond donors (Lipinski definition) is 3. The molecule has 1 heterocycles. The summed E-state index contributed by atoms with van der Waals surface area (Å²) in [6.07, 6.45) is 7.50. The molecule has 4 rings (SSSR count). The molecule has 0 fully saturated rings. The summed E-state index contributed by atoms with van der Waals surface area (Å²) in [4.78, 5) is 21.0. The largest absolute Gasteiger partial charge is 0.355 e. The van der Waals surface area contributed by atoms with E-state index in [1.807, 2.05) is 0 Å². The molecular weight excluding hydrogens is 433 g/mol. The Balaban J connectivity index is 1.59. The highest BCUT2D eigenvalue weighted by molar-refractivity contribution is 6.33. The zero-order chi connectivity index (χ0) is 21.8. The van der Waals surface area contributed by atoms with Gasteiger partial charge in [0, 0.05) is 17.8 Å². The van der Waals surface area contributed by atoms with Gasteiger partial charge < -0.3 is 16.0 Å². The van der Waals surface area contributed by atoms with Gasteiger partial charge in [-0.05, 0) is 67.1 Å². The van der Waals surface area contributed by atoms with Crippen LogP contribution in [0, 0.1) is 0 Å². The molecular formula is C23H23Cl2N5O. The van der Waals surface area contributed by atoms with Crippen LogP contribution in [-0.2, 0) is 12.8 Å². The molecule has 160 valence electrons. The monoisotopic (exact) mass is 455 g/mol. The molecule has 0 spiro atoms. The Labute approximate surface area is 191 Å². The topological polar surface area (TPSA) is 78.9 Å². The number of halogens is 2. The van der Waals surface area contributed by atoms with Gasteiger partial charge in [0.25, 0.3) is 5.91 Å². The molecule has 1 amide bonds. The number of nitrogens with one attached hydrogen (secondary N) is 3. The number of aryl methyl sites for hydroxylation is 2. The summed E-state index contributed by atoms with van der Waals surface area (Å²) in [6, 6.07) is 11.4. The molecule has 0 unspecified atom stereocenters. The first-order chi connectivity index (χ1) is 15.0. The molecule has 2 aromatic carbocycles. The van der Waals surface area contributed by atoms with Crippen molar-refractivity contribution in [2.45, 2.75) is 32.1 Å². The molecule has 0 atom stereocenters. The molecule has 0 radical (unpaired) electrons. The Hall–Kier alpha value is -2.83. The minimum Gasteiger partial charge on any atom is -0.355 e. The van der Waals surface area contributed by atoms with E-state index in [2.05, 4.69) is 44.1 Å². The summed E-state index contributed by atoms with van der Waals surface area (Å²) in [5.41, 5.74) is 4.68. The molecule has 0 bridgehead atoms. The summed E-state index contributed by atoms with van der Waals surface area (Å²) in [5, 5.41) is 9.80. The van der Waals surface area contributed by atoms with Gasteiger partial charge in [0.1, 0.15) is 5.02 Å². The Bertz CT molecular complexity index is 1120. The molecule has 3 N–H and O–H groups in total. The summed E-state index contributed by atoms with van der Waals surface area (Å²) >= 11 is 12.4. The number of hydrogen-bond acceptors (Lipinski definition) is 5. The van der Waals surface area contributed by atoms with Gasteiger partial charge in [-0.2, -0.15) is 4.98 Å². The van der Waals surface area contributed by atoms with Crippen LogP contribution in [0.1, 0.15) is 40.7 Å². The third-order valence-electron chi connectivity index (χ3n) is 5.31. The lowest BCUT2D eigenvalue weighted by Gasteiger charge is -2.14. The summed E-state index contributed by atoms with van der Waals surface area (Å²) < 4.78 is 0. The predicted octanol–water partition coefficient (Wildman–Crippen LogP) is 5.90. The van der Waals surface area contributed by atoms with Crippen LogP contribution < -0.4 is 16.0 Å². The van der Waals surface area contributed by atoms with Crippen LogP contribution in [0.4, 0.5) is 23.1 Å². The van der Waals surface area contributed by atoms with E-state index in [0.29, 0.717) is 33.1 Å². The van der Waals surface area contributed by atoms with Gasteiger partial charge in [0.05, 0.1) is 17.4 Å². The summed E-state index contributed by atoms with van der Waals surface area (Å²) in [7, 11) is 1.56. The second kappa shape index (κ2) is 9.54. The van der Waals surface area contributed by atoms with Gasteiger partial charge >= 0.3 is 0 Å². The summed E-state index contributed by atoms with van der Waals surface area (Å²) in [5.74, 6) is 0.538. The standard InChI is InChI=1S/C23H23Cl2N5O/c1-26-22(31)18-12-16(24)8-10-20(18)29-21-19(25)13-27-23(30-21)28-17-9-7-14-5-3-2-4-6-15(14)11-17/h7-13H,2-6H2,1H3,(H,26,31)(H2,27,28,29,30). The fourth-order valence-corrected chi connectivity index (χ4v) is 4.02. The number of carbonyl (C=O) groups excluding carboxylic acids is 1. The van der Waals surface area contributed by atoms with Gasteiger partial charge in [0.2, 0.25) is 5.95 Å². The highest BCUT2D eigenvalue weighted by atomic mass is 35.5. The van der Waals surface area contributed by atoms with Crippen molar-refractivity contribution in [1.29, 1.82) is 0 Å². The maximum atomic E-state index is 12.2. The van der Waals surface area contributed by atoms with Crippen LogP contribution >= 0.6 is 23.2 Å².